The lowest BCUT2D eigenvalue weighted by Gasteiger charge is -2.46. The van der Waals surface area contributed by atoms with Crippen molar-refractivity contribution in [2.45, 2.75) is 79.8 Å². The summed E-state index contributed by atoms with van der Waals surface area (Å²) >= 11 is 0. The highest BCUT2D eigenvalue weighted by Crippen LogP contribution is 2.69. The predicted octanol–water partition coefficient (Wildman–Crippen LogP) is 5.41. The van der Waals surface area contributed by atoms with Crippen molar-refractivity contribution in [3.63, 3.8) is 0 Å². The molecule has 1 aromatic rings. The topological polar surface area (TPSA) is 3.24 Å². The van der Waals surface area contributed by atoms with Crippen LogP contribution in [0.4, 0.5) is 5.69 Å². The van der Waals surface area contributed by atoms with Crippen LogP contribution in [0.2, 0.25) is 0 Å². The molecule has 0 amide bonds. The summed E-state index contributed by atoms with van der Waals surface area (Å²) < 4.78 is 0. The first-order valence-corrected chi connectivity index (χ1v) is 8.43. The first kappa shape index (κ1) is 14.9. The van der Waals surface area contributed by atoms with Crippen LogP contribution in [0.25, 0.3) is 0 Å². The molecule has 21 heavy (non-hydrogen) atoms. The van der Waals surface area contributed by atoms with Crippen LogP contribution >= 0.6 is 0 Å². The molecule has 2 fully saturated rings. The summed E-state index contributed by atoms with van der Waals surface area (Å²) in [5, 5.41) is 0. The van der Waals surface area contributed by atoms with Gasteiger partial charge >= 0.3 is 0 Å². The summed E-state index contributed by atoms with van der Waals surface area (Å²) in [7, 11) is 0. The van der Waals surface area contributed by atoms with Crippen LogP contribution < -0.4 is 4.90 Å². The summed E-state index contributed by atoms with van der Waals surface area (Å²) in [6.07, 6.45) is 2.67. The van der Waals surface area contributed by atoms with Gasteiger partial charge in [0.05, 0.1) is 0 Å². The number of anilines is 1. The Bertz CT molecular complexity index is 597. The molecular formula is C20H31N. The van der Waals surface area contributed by atoms with Crippen molar-refractivity contribution >= 4 is 5.69 Å². The zero-order chi connectivity index (χ0) is 15.8. The summed E-state index contributed by atoms with van der Waals surface area (Å²) in [6, 6.07) is 5.32. The Hall–Kier alpha value is -0.980. The van der Waals surface area contributed by atoms with E-state index >= 15 is 0 Å². The zero-order valence-corrected chi connectivity index (χ0v) is 15.1. The number of fused-ring (bicyclic) bond motifs is 2. The molecule has 1 heterocycles. The van der Waals surface area contributed by atoms with Gasteiger partial charge in [0.2, 0.25) is 0 Å². The molecule has 1 aliphatic carbocycles. The molecule has 1 nitrogen and oxygen atoms in total. The molecule has 116 valence electrons. The first-order chi connectivity index (χ1) is 9.56. The zero-order valence-electron chi connectivity index (χ0n) is 15.1. The number of piperidine rings is 1. The van der Waals surface area contributed by atoms with Crippen LogP contribution in [0.3, 0.4) is 0 Å². The smallest absolute Gasteiger partial charge is 0.0434 e. The number of hydrogen-bond donors (Lipinski definition) is 0. The fourth-order valence-electron chi connectivity index (χ4n) is 5.35. The van der Waals surface area contributed by atoms with E-state index in [2.05, 4.69) is 72.4 Å². The van der Waals surface area contributed by atoms with Gasteiger partial charge in [0.25, 0.3) is 0 Å². The number of nitrogens with zero attached hydrogens (tertiary/aromatic N) is 1. The molecule has 1 heteroatoms. The van der Waals surface area contributed by atoms with Crippen molar-refractivity contribution in [1.82, 2.24) is 0 Å². The average Bonchev–Trinajstić information content (AvgIpc) is 2.62. The van der Waals surface area contributed by atoms with E-state index in [9.17, 15) is 0 Å². The van der Waals surface area contributed by atoms with Crippen molar-refractivity contribution in [1.29, 1.82) is 0 Å². The summed E-state index contributed by atoms with van der Waals surface area (Å²) in [5.74, 6) is 0. The van der Waals surface area contributed by atoms with Gasteiger partial charge in [-0.2, -0.15) is 0 Å². The van der Waals surface area contributed by atoms with Gasteiger partial charge in [0.15, 0.2) is 0 Å². The SMILES string of the molecule is Cc1cc(C)c(C)c(N2[C@@H](C)C3(C)CCC2(C)C3(C)C)c1. The quantitative estimate of drug-likeness (QED) is 0.667. The molecule has 2 aliphatic rings. The van der Waals surface area contributed by atoms with Gasteiger partial charge in [-0.1, -0.05) is 26.8 Å². The Kier molecular flexibility index (Phi) is 2.89. The highest BCUT2D eigenvalue weighted by Gasteiger charge is 2.70. The fraction of sp³-hybridized carbons (Fsp3) is 0.700. The molecule has 0 aromatic heterocycles. The van der Waals surface area contributed by atoms with E-state index in [1.807, 2.05) is 0 Å². The number of aryl methyl sites for hydroxylation is 2. The largest absolute Gasteiger partial charge is 0.362 e. The minimum absolute atomic E-state index is 0.270. The van der Waals surface area contributed by atoms with Crippen LogP contribution in [-0.2, 0) is 0 Å². The van der Waals surface area contributed by atoms with Gasteiger partial charge in [-0.3, -0.25) is 0 Å². The molecule has 0 spiro atoms. The predicted molar refractivity (Wildman–Crippen MR) is 92.1 cm³/mol. The summed E-state index contributed by atoms with van der Waals surface area (Å²) in [4.78, 5) is 2.77. The van der Waals surface area contributed by atoms with E-state index in [0.29, 0.717) is 16.9 Å². The maximum Gasteiger partial charge on any atom is 0.0434 e. The molecule has 1 saturated heterocycles. The Morgan fingerprint density at radius 1 is 1.00 bits per heavy atom. The van der Waals surface area contributed by atoms with Crippen LogP contribution in [0.5, 0.6) is 0 Å². The minimum atomic E-state index is 0.270. The van der Waals surface area contributed by atoms with E-state index in [-0.39, 0.29) is 5.54 Å². The van der Waals surface area contributed by atoms with Crippen LogP contribution in [-0.4, -0.2) is 11.6 Å². The molecule has 1 aromatic carbocycles. The van der Waals surface area contributed by atoms with Crippen molar-refractivity contribution in [2.24, 2.45) is 10.8 Å². The number of hydrogen-bond acceptors (Lipinski definition) is 1. The summed E-state index contributed by atoms with van der Waals surface area (Å²) in [6.45, 7) is 19.2. The molecule has 0 N–H and O–H groups in total. The molecule has 3 atom stereocenters. The molecule has 3 rings (SSSR count). The van der Waals surface area contributed by atoms with Crippen molar-refractivity contribution < 1.29 is 0 Å². The standard InChI is InChI=1S/C20H31N/c1-13-11-14(2)15(3)17(12-13)21-16(4)19(7)9-10-20(21,8)18(19,5)6/h11-12,16H,9-10H2,1-8H3/t16-,19?,20?/m0/s1. The number of benzene rings is 1. The minimum Gasteiger partial charge on any atom is -0.362 e. The van der Waals surface area contributed by atoms with Gasteiger partial charge in [-0.25, -0.2) is 0 Å². The van der Waals surface area contributed by atoms with Crippen molar-refractivity contribution in [3.8, 4) is 0 Å². The molecule has 2 bridgehead atoms. The Balaban J connectivity index is 2.22. The van der Waals surface area contributed by atoms with Gasteiger partial charge in [-0.15, -0.1) is 0 Å². The van der Waals surface area contributed by atoms with E-state index in [0.717, 1.165) is 0 Å². The molecule has 1 aliphatic heterocycles. The van der Waals surface area contributed by atoms with Crippen LogP contribution in [0, 0.1) is 31.6 Å². The monoisotopic (exact) mass is 285 g/mol. The number of rotatable bonds is 1. The van der Waals surface area contributed by atoms with Crippen molar-refractivity contribution in [2.75, 3.05) is 4.90 Å². The maximum absolute atomic E-state index is 2.77. The third-order valence-corrected chi connectivity index (χ3v) is 7.79. The van der Waals surface area contributed by atoms with Gasteiger partial charge in [0, 0.05) is 17.3 Å². The second-order valence-corrected chi connectivity index (χ2v) is 8.59. The third-order valence-electron chi connectivity index (χ3n) is 7.79. The molecule has 2 unspecified atom stereocenters. The van der Waals surface area contributed by atoms with Crippen LogP contribution in [0.1, 0.15) is 64.2 Å². The summed E-state index contributed by atoms with van der Waals surface area (Å²) in [5.41, 5.74) is 6.77. The van der Waals surface area contributed by atoms with Crippen molar-refractivity contribution in [3.05, 3.63) is 28.8 Å². The lowest BCUT2D eigenvalue weighted by molar-refractivity contribution is 0.132. The Morgan fingerprint density at radius 3 is 2.14 bits per heavy atom. The first-order valence-electron chi connectivity index (χ1n) is 8.43. The second-order valence-electron chi connectivity index (χ2n) is 8.59. The molecule has 0 radical (unpaired) electrons. The van der Waals surface area contributed by atoms with Crippen LogP contribution in [0.15, 0.2) is 12.1 Å². The third kappa shape index (κ3) is 1.53. The molecule has 1 saturated carbocycles. The highest BCUT2D eigenvalue weighted by molar-refractivity contribution is 5.63. The fourth-order valence-corrected chi connectivity index (χ4v) is 5.35. The van der Waals surface area contributed by atoms with E-state index in [1.165, 1.54) is 35.2 Å². The molecular weight excluding hydrogens is 254 g/mol. The normalized spacial score (nSPS) is 37.3. The lowest BCUT2D eigenvalue weighted by Crippen LogP contribution is -2.50. The highest BCUT2D eigenvalue weighted by atomic mass is 15.3. The van der Waals surface area contributed by atoms with E-state index < -0.39 is 0 Å². The van der Waals surface area contributed by atoms with Gasteiger partial charge in [0.1, 0.15) is 0 Å². The second kappa shape index (κ2) is 4.06. The van der Waals surface area contributed by atoms with Gasteiger partial charge in [-0.05, 0) is 81.0 Å². The lowest BCUT2D eigenvalue weighted by atomic mass is 9.65. The Labute approximate surface area is 130 Å². The Morgan fingerprint density at radius 2 is 1.62 bits per heavy atom. The van der Waals surface area contributed by atoms with Gasteiger partial charge < -0.3 is 4.90 Å². The van der Waals surface area contributed by atoms with E-state index in [1.54, 1.807) is 0 Å². The average molecular weight is 285 g/mol. The van der Waals surface area contributed by atoms with E-state index in [4.69, 9.17) is 0 Å². The maximum atomic E-state index is 2.77.